The molecule has 164 valence electrons. The highest BCUT2D eigenvalue weighted by atomic mass is 19.4. The summed E-state index contributed by atoms with van der Waals surface area (Å²) < 4.78 is 60.7. The number of nitrogens with one attached hydrogen (secondary N) is 1. The van der Waals surface area contributed by atoms with Gasteiger partial charge in [0.25, 0.3) is 0 Å². The molecule has 0 atom stereocenters. The maximum atomic E-state index is 15.1. The van der Waals surface area contributed by atoms with E-state index in [-0.39, 0.29) is 22.3 Å². The average molecular weight is 443 g/mol. The SMILES string of the molecule is Cc1cc(Oc2ccc3c(cc(C)n3C(=O)Nc3cccc(C(F)(F)F)c3)c2F)ccn1. The lowest BCUT2D eigenvalue weighted by molar-refractivity contribution is -0.137. The number of pyridine rings is 1. The molecule has 0 unspecified atom stereocenters. The van der Waals surface area contributed by atoms with E-state index in [1.807, 2.05) is 0 Å². The number of ether oxygens (including phenoxy) is 1. The molecule has 0 saturated heterocycles. The van der Waals surface area contributed by atoms with Gasteiger partial charge >= 0.3 is 12.2 Å². The third-order valence-corrected chi connectivity index (χ3v) is 4.81. The largest absolute Gasteiger partial charge is 0.454 e. The second kappa shape index (κ2) is 7.99. The molecule has 0 spiro atoms. The third kappa shape index (κ3) is 4.14. The van der Waals surface area contributed by atoms with E-state index in [2.05, 4.69) is 10.3 Å². The van der Waals surface area contributed by atoms with E-state index >= 15 is 4.39 Å². The third-order valence-electron chi connectivity index (χ3n) is 4.81. The van der Waals surface area contributed by atoms with Crippen LogP contribution in [0.1, 0.15) is 17.0 Å². The van der Waals surface area contributed by atoms with Crippen molar-refractivity contribution in [3.05, 3.63) is 83.6 Å². The predicted molar refractivity (Wildman–Crippen MR) is 112 cm³/mol. The fourth-order valence-electron chi connectivity index (χ4n) is 3.37. The monoisotopic (exact) mass is 443 g/mol. The molecular weight excluding hydrogens is 426 g/mol. The van der Waals surface area contributed by atoms with Crippen LogP contribution in [-0.4, -0.2) is 15.6 Å². The van der Waals surface area contributed by atoms with Crippen LogP contribution in [0.2, 0.25) is 0 Å². The van der Waals surface area contributed by atoms with E-state index in [1.54, 1.807) is 32.2 Å². The number of anilines is 1. The van der Waals surface area contributed by atoms with Gasteiger partial charge in [-0.3, -0.25) is 9.55 Å². The number of aryl methyl sites for hydroxylation is 2. The fourth-order valence-corrected chi connectivity index (χ4v) is 3.37. The number of hydrogen-bond donors (Lipinski definition) is 1. The van der Waals surface area contributed by atoms with Crippen molar-refractivity contribution in [2.45, 2.75) is 20.0 Å². The lowest BCUT2D eigenvalue weighted by Crippen LogP contribution is -2.20. The highest BCUT2D eigenvalue weighted by molar-refractivity contribution is 6.00. The molecule has 0 radical (unpaired) electrons. The zero-order chi connectivity index (χ0) is 23.0. The van der Waals surface area contributed by atoms with E-state index in [4.69, 9.17) is 4.74 Å². The fraction of sp³-hybridized carbons (Fsp3) is 0.130. The summed E-state index contributed by atoms with van der Waals surface area (Å²) in [5.41, 5.74) is 0.448. The van der Waals surface area contributed by atoms with Crippen molar-refractivity contribution >= 4 is 22.6 Å². The van der Waals surface area contributed by atoms with Crippen molar-refractivity contribution in [3.63, 3.8) is 0 Å². The maximum absolute atomic E-state index is 15.1. The number of halogens is 4. The molecule has 0 aliphatic rings. The van der Waals surface area contributed by atoms with Crippen LogP contribution < -0.4 is 10.1 Å². The Balaban J connectivity index is 1.66. The smallest absolute Gasteiger partial charge is 0.416 e. The first-order valence-corrected chi connectivity index (χ1v) is 9.53. The maximum Gasteiger partial charge on any atom is 0.416 e. The van der Waals surface area contributed by atoms with Crippen molar-refractivity contribution in [1.82, 2.24) is 9.55 Å². The Morgan fingerprint density at radius 3 is 2.56 bits per heavy atom. The molecule has 2 aromatic carbocycles. The number of rotatable bonds is 3. The second-order valence-corrected chi connectivity index (χ2v) is 7.18. The van der Waals surface area contributed by atoms with E-state index < -0.39 is 23.6 Å². The minimum Gasteiger partial charge on any atom is -0.454 e. The molecular formula is C23H17F4N3O2. The van der Waals surface area contributed by atoms with Crippen molar-refractivity contribution in [2.24, 2.45) is 0 Å². The number of aromatic nitrogens is 2. The van der Waals surface area contributed by atoms with E-state index in [1.165, 1.54) is 34.9 Å². The van der Waals surface area contributed by atoms with Crippen LogP contribution in [0.15, 0.2) is 60.8 Å². The van der Waals surface area contributed by atoms with Gasteiger partial charge in [-0.25, -0.2) is 9.18 Å². The Hall–Kier alpha value is -3.88. The first kappa shape index (κ1) is 21.4. The molecule has 0 bridgehead atoms. The van der Waals surface area contributed by atoms with Gasteiger partial charge in [-0.2, -0.15) is 13.2 Å². The molecule has 4 rings (SSSR count). The summed E-state index contributed by atoms with van der Waals surface area (Å²) in [7, 11) is 0. The van der Waals surface area contributed by atoms with Crippen molar-refractivity contribution in [2.75, 3.05) is 5.32 Å². The van der Waals surface area contributed by atoms with Crippen LogP contribution >= 0.6 is 0 Å². The highest BCUT2D eigenvalue weighted by Gasteiger charge is 2.30. The summed E-state index contributed by atoms with van der Waals surface area (Å²) >= 11 is 0. The van der Waals surface area contributed by atoms with Gasteiger partial charge in [0, 0.05) is 34.7 Å². The Kier molecular flexibility index (Phi) is 5.33. The molecule has 5 nitrogen and oxygen atoms in total. The van der Waals surface area contributed by atoms with Crippen molar-refractivity contribution in [3.8, 4) is 11.5 Å². The van der Waals surface area contributed by atoms with Gasteiger partial charge in [0.15, 0.2) is 11.6 Å². The summed E-state index contributed by atoms with van der Waals surface area (Å²) in [6.07, 6.45) is -3.00. The molecule has 2 aromatic heterocycles. The first-order chi connectivity index (χ1) is 15.1. The van der Waals surface area contributed by atoms with Gasteiger partial charge in [0.1, 0.15) is 5.75 Å². The van der Waals surface area contributed by atoms with E-state index in [0.29, 0.717) is 17.1 Å². The molecule has 0 saturated carbocycles. The van der Waals surface area contributed by atoms with Crippen LogP contribution in [0.25, 0.3) is 10.9 Å². The first-order valence-electron chi connectivity index (χ1n) is 9.53. The zero-order valence-corrected chi connectivity index (χ0v) is 17.0. The minimum atomic E-state index is -4.54. The quantitative estimate of drug-likeness (QED) is 0.359. The van der Waals surface area contributed by atoms with Gasteiger partial charge in [-0.1, -0.05) is 6.07 Å². The molecule has 0 fully saturated rings. The van der Waals surface area contributed by atoms with E-state index in [0.717, 1.165) is 12.1 Å². The summed E-state index contributed by atoms with van der Waals surface area (Å²) in [5, 5.41) is 2.58. The second-order valence-electron chi connectivity index (χ2n) is 7.18. The van der Waals surface area contributed by atoms with Crippen LogP contribution in [0.5, 0.6) is 11.5 Å². The number of alkyl halides is 3. The zero-order valence-electron chi connectivity index (χ0n) is 17.0. The van der Waals surface area contributed by atoms with Gasteiger partial charge in [0.05, 0.1) is 11.1 Å². The topological polar surface area (TPSA) is 56.1 Å². The average Bonchev–Trinajstić information content (AvgIpc) is 3.06. The number of hydrogen-bond acceptors (Lipinski definition) is 3. The Morgan fingerprint density at radius 2 is 1.84 bits per heavy atom. The van der Waals surface area contributed by atoms with Gasteiger partial charge in [-0.15, -0.1) is 0 Å². The number of carbonyl (C=O) groups excluding carboxylic acids is 1. The number of nitrogens with zero attached hydrogens (tertiary/aromatic N) is 2. The Morgan fingerprint density at radius 1 is 1.06 bits per heavy atom. The van der Waals surface area contributed by atoms with Crippen molar-refractivity contribution in [1.29, 1.82) is 0 Å². The molecule has 0 aliphatic carbocycles. The lowest BCUT2D eigenvalue weighted by Gasteiger charge is -2.12. The number of carbonyl (C=O) groups is 1. The van der Waals surface area contributed by atoms with Gasteiger partial charge < -0.3 is 10.1 Å². The van der Waals surface area contributed by atoms with Crippen LogP contribution in [0.4, 0.5) is 28.0 Å². The van der Waals surface area contributed by atoms with E-state index in [9.17, 15) is 18.0 Å². The van der Waals surface area contributed by atoms with Gasteiger partial charge in [0.2, 0.25) is 0 Å². The number of amides is 1. The van der Waals surface area contributed by atoms with Crippen LogP contribution in [0, 0.1) is 19.7 Å². The molecule has 1 N–H and O–H groups in total. The Bertz CT molecular complexity index is 1330. The molecule has 2 heterocycles. The van der Waals surface area contributed by atoms with Crippen LogP contribution in [0.3, 0.4) is 0 Å². The minimum absolute atomic E-state index is 0.0282. The summed E-state index contributed by atoms with van der Waals surface area (Å²) in [6.45, 7) is 3.37. The molecule has 32 heavy (non-hydrogen) atoms. The number of fused-ring (bicyclic) bond motifs is 1. The van der Waals surface area contributed by atoms with Crippen LogP contribution in [-0.2, 0) is 6.18 Å². The summed E-state index contributed by atoms with van der Waals surface area (Å²) in [6, 6.07) is 11.2. The number of benzene rings is 2. The normalized spacial score (nSPS) is 11.6. The Labute approximate surface area is 180 Å². The molecule has 4 aromatic rings. The molecule has 9 heteroatoms. The summed E-state index contributed by atoms with van der Waals surface area (Å²) in [4.78, 5) is 16.9. The van der Waals surface area contributed by atoms with Gasteiger partial charge in [-0.05, 0) is 56.3 Å². The predicted octanol–water partition coefficient (Wildman–Crippen LogP) is 6.68. The molecule has 1 amide bonds. The van der Waals surface area contributed by atoms with Crippen molar-refractivity contribution < 1.29 is 27.1 Å². The highest BCUT2D eigenvalue weighted by Crippen LogP contribution is 2.33. The summed E-state index contributed by atoms with van der Waals surface area (Å²) in [5.74, 6) is -0.279. The molecule has 0 aliphatic heterocycles. The standard InChI is InChI=1S/C23H17F4N3O2/c1-13-10-17(8-9-28-13)32-20-7-6-19-18(21(20)24)11-14(2)30(19)22(31)29-16-5-3-4-15(12-16)23(25,26)27/h3-12H,1-2H3,(H,29,31). The lowest BCUT2D eigenvalue weighted by atomic mass is 10.2.